The van der Waals surface area contributed by atoms with E-state index >= 15 is 0 Å². The van der Waals surface area contributed by atoms with Crippen molar-refractivity contribution in [2.75, 3.05) is 18.4 Å². The van der Waals surface area contributed by atoms with Crippen molar-refractivity contribution in [2.45, 2.75) is 19.4 Å². The Morgan fingerprint density at radius 1 is 1.27 bits per heavy atom. The molecule has 3 amide bonds. The fourth-order valence-corrected chi connectivity index (χ4v) is 4.27. The highest BCUT2D eigenvalue weighted by molar-refractivity contribution is 7.12. The Balaban J connectivity index is 1.52. The number of anilines is 1. The molecule has 0 saturated carbocycles. The highest BCUT2D eigenvalue weighted by Crippen LogP contribution is 2.26. The molecule has 172 valence electrons. The fourth-order valence-electron chi connectivity index (χ4n) is 3.13. The summed E-state index contributed by atoms with van der Waals surface area (Å²) in [5, 5.41) is 10.6. The van der Waals surface area contributed by atoms with Crippen molar-refractivity contribution in [2.24, 2.45) is 12.0 Å². The minimum Gasteiger partial charge on any atom is -0.352 e. The second-order valence-electron chi connectivity index (χ2n) is 7.69. The Bertz CT molecular complexity index is 1290. The van der Waals surface area contributed by atoms with Crippen LogP contribution in [0.1, 0.15) is 13.8 Å². The third kappa shape index (κ3) is 4.71. The van der Waals surface area contributed by atoms with Gasteiger partial charge in [-0.2, -0.15) is 5.10 Å². The Labute approximate surface area is 197 Å². The highest BCUT2D eigenvalue weighted by atomic mass is 35.5. The summed E-state index contributed by atoms with van der Waals surface area (Å²) in [7, 11) is 1.74. The number of carbonyl (C=O) groups excluding carboxylic acids is 2. The van der Waals surface area contributed by atoms with Gasteiger partial charge in [0.15, 0.2) is 5.01 Å². The monoisotopic (exact) mass is 490 g/mol. The molecule has 0 atom stereocenters. The van der Waals surface area contributed by atoms with Gasteiger partial charge >= 0.3 is 6.03 Å². The maximum Gasteiger partial charge on any atom is 0.325 e. The molecular weight excluding hydrogens is 471 g/mol. The summed E-state index contributed by atoms with van der Waals surface area (Å²) in [6.45, 7) is 3.96. The summed E-state index contributed by atoms with van der Waals surface area (Å²) in [6, 6.07) is 5.39. The zero-order valence-corrected chi connectivity index (χ0v) is 19.5. The number of benzene rings is 1. The Morgan fingerprint density at radius 2 is 2.00 bits per heavy atom. The van der Waals surface area contributed by atoms with Crippen molar-refractivity contribution >= 4 is 46.5 Å². The molecule has 1 aliphatic heterocycles. The molecule has 0 radical (unpaired) electrons. The molecule has 1 aromatic carbocycles. The molecule has 3 aromatic rings. The normalized spacial score (nSPS) is 15.8. The number of halogens is 2. The zero-order valence-electron chi connectivity index (χ0n) is 18.0. The molecule has 1 saturated heterocycles. The molecule has 0 spiro atoms. The smallest absolute Gasteiger partial charge is 0.325 e. The molecule has 1 aliphatic rings. The molecular formula is C20H20ClFN8O2S. The molecule has 33 heavy (non-hydrogen) atoms. The standard InChI is InChI=1S/C20H20ClFN8O2S/c1-20(2)16(31)27-18(32)30(20)9-8-23-17-24-10-13(21)14(26-17)15-28-29(3)19(33-15)25-12-6-4-11(22)5-7-12/h4-7,10H,8-9H2,1-3H3,(H,23,24,26)(H,27,31,32)/b25-19+. The first kappa shape index (κ1) is 22.8. The van der Waals surface area contributed by atoms with Gasteiger partial charge in [-0.3, -0.25) is 10.1 Å². The quantitative estimate of drug-likeness (QED) is 0.513. The van der Waals surface area contributed by atoms with Gasteiger partial charge in [0.05, 0.1) is 16.9 Å². The van der Waals surface area contributed by atoms with Gasteiger partial charge < -0.3 is 10.2 Å². The van der Waals surface area contributed by atoms with Crippen LogP contribution in [0, 0.1) is 5.82 Å². The molecule has 10 nitrogen and oxygen atoms in total. The molecule has 0 bridgehead atoms. The lowest BCUT2D eigenvalue weighted by Gasteiger charge is -2.27. The Kier molecular flexibility index (Phi) is 6.13. The van der Waals surface area contributed by atoms with Crippen molar-refractivity contribution in [1.82, 2.24) is 30.0 Å². The molecule has 1 fully saturated rings. The Hall–Kier alpha value is -3.38. The molecule has 0 unspecified atom stereocenters. The number of aryl methyl sites for hydroxylation is 1. The number of amides is 3. The van der Waals surface area contributed by atoms with Crippen LogP contribution in [0.25, 0.3) is 10.7 Å². The zero-order chi connectivity index (χ0) is 23.8. The third-order valence-corrected chi connectivity index (χ3v) is 6.30. The first-order chi connectivity index (χ1) is 15.6. The van der Waals surface area contributed by atoms with Gasteiger partial charge in [0.1, 0.15) is 17.1 Å². The van der Waals surface area contributed by atoms with Crippen molar-refractivity contribution in [1.29, 1.82) is 0 Å². The molecule has 2 aromatic heterocycles. The van der Waals surface area contributed by atoms with Gasteiger partial charge in [0.25, 0.3) is 5.91 Å². The van der Waals surface area contributed by atoms with Crippen molar-refractivity contribution in [3.05, 3.63) is 46.1 Å². The summed E-state index contributed by atoms with van der Waals surface area (Å²) >= 11 is 7.58. The van der Waals surface area contributed by atoms with Gasteiger partial charge in [-0.15, -0.1) is 0 Å². The van der Waals surface area contributed by atoms with Gasteiger partial charge in [-0.25, -0.2) is 28.8 Å². The van der Waals surface area contributed by atoms with Gasteiger partial charge in [0.2, 0.25) is 10.7 Å². The van der Waals surface area contributed by atoms with Crippen molar-refractivity contribution in [3.8, 4) is 10.7 Å². The van der Waals surface area contributed by atoms with E-state index in [1.807, 2.05) is 0 Å². The lowest BCUT2D eigenvalue weighted by molar-refractivity contribution is -0.125. The largest absolute Gasteiger partial charge is 0.352 e. The minimum atomic E-state index is -0.926. The second-order valence-corrected chi connectivity index (χ2v) is 9.05. The lowest BCUT2D eigenvalue weighted by atomic mass is 10.0. The summed E-state index contributed by atoms with van der Waals surface area (Å²) in [4.78, 5) is 39.0. The molecule has 13 heteroatoms. The van der Waals surface area contributed by atoms with Crippen LogP contribution in [-0.2, 0) is 11.8 Å². The lowest BCUT2D eigenvalue weighted by Crippen LogP contribution is -2.46. The number of nitrogens with zero attached hydrogens (tertiary/aromatic N) is 6. The first-order valence-corrected chi connectivity index (χ1v) is 11.1. The van der Waals surface area contributed by atoms with Crippen LogP contribution in [0.4, 0.5) is 20.8 Å². The van der Waals surface area contributed by atoms with Crippen LogP contribution >= 0.6 is 22.9 Å². The summed E-state index contributed by atoms with van der Waals surface area (Å²) in [5.41, 5.74) is 0.0839. The predicted molar refractivity (Wildman–Crippen MR) is 122 cm³/mol. The van der Waals surface area contributed by atoms with E-state index in [1.54, 1.807) is 37.7 Å². The number of carbonyl (C=O) groups is 2. The molecule has 2 N–H and O–H groups in total. The minimum absolute atomic E-state index is 0.277. The number of imide groups is 1. The number of aromatic nitrogens is 4. The first-order valence-electron chi connectivity index (χ1n) is 9.89. The maximum atomic E-state index is 13.1. The number of urea groups is 1. The van der Waals surface area contributed by atoms with Gasteiger partial charge in [-0.1, -0.05) is 22.9 Å². The summed E-state index contributed by atoms with van der Waals surface area (Å²) in [6.07, 6.45) is 1.46. The van der Waals surface area contributed by atoms with Crippen LogP contribution in [-0.4, -0.2) is 55.2 Å². The number of nitrogens with one attached hydrogen (secondary N) is 2. The van der Waals surface area contributed by atoms with E-state index in [0.717, 1.165) is 0 Å². The van der Waals surface area contributed by atoms with Crippen LogP contribution in [0.2, 0.25) is 5.02 Å². The van der Waals surface area contributed by atoms with Crippen LogP contribution in [0.3, 0.4) is 0 Å². The van der Waals surface area contributed by atoms with Gasteiger partial charge in [-0.05, 0) is 38.1 Å². The third-order valence-electron chi connectivity index (χ3n) is 5.02. The number of rotatable bonds is 6. The average Bonchev–Trinajstić information content (AvgIpc) is 3.21. The fraction of sp³-hybridized carbons (Fsp3) is 0.300. The van der Waals surface area contributed by atoms with E-state index in [0.29, 0.717) is 38.7 Å². The van der Waals surface area contributed by atoms with Crippen LogP contribution in [0.15, 0.2) is 35.5 Å². The topological polar surface area (TPSA) is 117 Å². The summed E-state index contributed by atoms with van der Waals surface area (Å²) < 4.78 is 14.7. The second kappa shape index (κ2) is 8.87. The van der Waals surface area contributed by atoms with Crippen LogP contribution in [0.5, 0.6) is 0 Å². The maximum absolute atomic E-state index is 13.1. The van der Waals surface area contributed by atoms with E-state index in [4.69, 9.17) is 11.6 Å². The molecule has 0 aliphatic carbocycles. The van der Waals surface area contributed by atoms with Crippen molar-refractivity contribution in [3.63, 3.8) is 0 Å². The van der Waals surface area contributed by atoms with E-state index in [1.165, 1.54) is 34.6 Å². The van der Waals surface area contributed by atoms with Crippen LogP contribution < -0.4 is 15.4 Å². The Morgan fingerprint density at radius 3 is 2.67 bits per heavy atom. The molecule has 3 heterocycles. The van der Waals surface area contributed by atoms with Crippen molar-refractivity contribution < 1.29 is 14.0 Å². The van der Waals surface area contributed by atoms with E-state index in [9.17, 15) is 14.0 Å². The average molecular weight is 491 g/mol. The van der Waals surface area contributed by atoms with E-state index in [-0.39, 0.29) is 18.3 Å². The number of hydrogen-bond donors (Lipinski definition) is 2. The number of hydrogen-bond acceptors (Lipinski definition) is 8. The van der Waals surface area contributed by atoms with E-state index < -0.39 is 11.6 Å². The summed E-state index contributed by atoms with van der Waals surface area (Å²) in [5.74, 6) is -0.374. The predicted octanol–water partition coefficient (Wildman–Crippen LogP) is 2.71. The van der Waals surface area contributed by atoms with E-state index in [2.05, 4.69) is 30.7 Å². The molecule has 4 rings (SSSR count). The SMILES string of the molecule is Cn1nc(-c2nc(NCCN3C(=O)NC(=O)C3(C)C)ncc2Cl)s/c1=N/c1ccc(F)cc1. The van der Waals surface area contributed by atoms with Gasteiger partial charge in [0, 0.05) is 20.1 Å². The highest BCUT2D eigenvalue weighted by Gasteiger charge is 2.45.